The summed E-state index contributed by atoms with van der Waals surface area (Å²) in [5, 5.41) is 2.03. The largest absolute Gasteiger partial charge is 0.347 e. The molecule has 0 amide bonds. The summed E-state index contributed by atoms with van der Waals surface area (Å²) in [7, 11) is 0. The SMILES string of the molecule is CCCCCCCCn1cc(CN)c2ccc(Cl)cc21. The van der Waals surface area contributed by atoms with Gasteiger partial charge in [-0.2, -0.15) is 0 Å². The lowest BCUT2D eigenvalue weighted by molar-refractivity contribution is 0.565. The number of unbranched alkanes of at least 4 members (excludes halogenated alkanes) is 5. The topological polar surface area (TPSA) is 30.9 Å². The summed E-state index contributed by atoms with van der Waals surface area (Å²) < 4.78 is 2.31. The first-order valence-electron chi connectivity index (χ1n) is 7.73. The molecule has 0 radical (unpaired) electrons. The van der Waals surface area contributed by atoms with Crippen LogP contribution >= 0.6 is 11.6 Å². The van der Waals surface area contributed by atoms with Gasteiger partial charge >= 0.3 is 0 Å². The molecule has 1 heterocycles. The molecule has 2 rings (SSSR count). The van der Waals surface area contributed by atoms with Crippen LogP contribution in [-0.4, -0.2) is 4.57 Å². The summed E-state index contributed by atoms with van der Waals surface area (Å²) >= 11 is 6.12. The lowest BCUT2D eigenvalue weighted by Crippen LogP contribution is -1.97. The number of halogens is 1. The fourth-order valence-electron chi connectivity index (χ4n) is 2.75. The molecule has 0 aliphatic carbocycles. The van der Waals surface area contributed by atoms with Crippen LogP contribution in [0.15, 0.2) is 24.4 Å². The highest BCUT2D eigenvalue weighted by molar-refractivity contribution is 6.31. The van der Waals surface area contributed by atoms with E-state index in [1.807, 2.05) is 12.1 Å². The highest BCUT2D eigenvalue weighted by Crippen LogP contribution is 2.25. The van der Waals surface area contributed by atoms with Crippen molar-refractivity contribution >= 4 is 22.5 Å². The van der Waals surface area contributed by atoms with Gasteiger partial charge in [-0.05, 0) is 24.1 Å². The Hall–Kier alpha value is -0.990. The van der Waals surface area contributed by atoms with E-state index in [0.717, 1.165) is 11.6 Å². The lowest BCUT2D eigenvalue weighted by atomic mass is 10.1. The fraction of sp³-hybridized carbons (Fsp3) is 0.529. The van der Waals surface area contributed by atoms with Crippen molar-refractivity contribution in [3.63, 3.8) is 0 Å². The van der Waals surface area contributed by atoms with Gasteiger partial charge in [0.05, 0.1) is 0 Å². The van der Waals surface area contributed by atoms with Gasteiger partial charge in [0.25, 0.3) is 0 Å². The van der Waals surface area contributed by atoms with Crippen molar-refractivity contribution in [3.05, 3.63) is 35.0 Å². The molecule has 0 aliphatic heterocycles. The second kappa shape index (κ2) is 7.70. The highest BCUT2D eigenvalue weighted by atomic mass is 35.5. The van der Waals surface area contributed by atoms with E-state index in [1.165, 1.54) is 55.0 Å². The third kappa shape index (κ3) is 3.77. The molecule has 0 fully saturated rings. The number of aromatic nitrogens is 1. The molecule has 2 aromatic rings. The van der Waals surface area contributed by atoms with Gasteiger partial charge in [0.2, 0.25) is 0 Å². The van der Waals surface area contributed by atoms with Crippen LogP contribution in [0, 0.1) is 0 Å². The van der Waals surface area contributed by atoms with Gasteiger partial charge in [0, 0.05) is 35.2 Å². The molecule has 0 saturated carbocycles. The predicted octanol–water partition coefficient (Wildman–Crippen LogP) is 5.11. The zero-order valence-electron chi connectivity index (χ0n) is 12.4. The first-order valence-corrected chi connectivity index (χ1v) is 8.11. The molecule has 20 heavy (non-hydrogen) atoms. The van der Waals surface area contributed by atoms with E-state index < -0.39 is 0 Å². The van der Waals surface area contributed by atoms with Crippen molar-refractivity contribution in [2.45, 2.75) is 58.5 Å². The van der Waals surface area contributed by atoms with Crippen LogP contribution in [0.25, 0.3) is 10.9 Å². The average molecular weight is 293 g/mol. The Balaban J connectivity index is 2.00. The summed E-state index contributed by atoms with van der Waals surface area (Å²) in [6, 6.07) is 6.07. The maximum absolute atomic E-state index is 6.12. The quantitative estimate of drug-likeness (QED) is 0.673. The number of aryl methyl sites for hydroxylation is 1. The van der Waals surface area contributed by atoms with Crippen molar-refractivity contribution in [2.75, 3.05) is 0 Å². The number of nitrogens with two attached hydrogens (primary N) is 1. The minimum Gasteiger partial charge on any atom is -0.347 e. The smallest absolute Gasteiger partial charge is 0.0498 e. The molecule has 0 saturated heterocycles. The second-order valence-electron chi connectivity index (χ2n) is 5.48. The minimum absolute atomic E-state index is 0.585. The normalized spacial score (nSPS) is 11.3. The molecule has 0 bridgehead atoms. The maximum atomic E-state index is 6.12. The zero-order chi connectivity index (χ0) is 14.4. The Bertz CT molecular complexity index is 545. The molecule has 2 nitrogen and oxygen atoms in total. The second-order valence-corrected chi connectivity index (χ2v) is 5.92. The van der Waals surface area contributed by atoms with Crippen LogP contribution < -0.4 is 5.73 Å². The van der Waals surface area contributed by atoms with Gasteiger partial charge in [0.15, 0.2) is 0 Å². The van der Waals surface area contributed by atoms with E-state index in [4.69, 9.17) is 17.3 Å². The number of hydrogen-bond donors (Lipinski definition) is 1. The van der Waals surface area contributed by atoms with Crippen molar-refractivity contribution in [1.82, 2.24) is 4.57 Å². The Morgan fingerprint density at radius 1 is 1.10 bits per heavy atom. The third-order valence-corrected chi connectivity index (χ3v) is 4.13. The maximum Gasteiger partial charge on any atom is 0.0498 e. The van der Waals surface area contributed by atoms with Crippen LogP contribution in [-0.2, 0) is 13.1 Å². The molecular formula is C17H25ClN2. The van der Waals surface area contributed by atoms with Crippen LogP contribution in [0.5, 0.6) is 0 Å². The molecule has 2 N–H and O–H groups in total. The van der Waals surface area contributed by atoms with Gasteiger partial charge in [-0.15, -0.1) is 0 Å². The lowest BCUT2D eigenvalue weighted by Gasteiger charge is -2.05. The van der Waals surface area contributed by atoms with Crippen molar-refractivity contribution in [1.29, 1.82) is 0 Å². The van der Waals surface area contributed by atoms with Crippen molar-refractivity contribution < 1.29 is 0 Å². The third-order valence-electron chi connectivity index (χ3n) is 3.90. The number of fused-ring (bicyclic) bond motifs is 1. The first kappa shape index (κ1) is 15.4. The summed E-state index contributed by atoms with van der Waals surface area (Å²) in [4.78, 5) is 0. The van der Waals surface area contributed by atoms with Gasteiger partial charge in [-0.1, -0.05) is 56.7 Å². The Morgan fingerprint density at radius 3 is 2.60 bits per heavy atom. The molecule has 0 spiro atoms. The summed E-state index contributed by atoms with van der Waals surface area (Å²) in [6.07, 6.45) is 10.1. The monoisotopic (exact) mass is 292 g/mol. The molecule has 3 heteroatoms. The van der Waals surface area contributed by atoms with E-state index in [-0.39, 0.29) is 0 Å². The Morgan fingerprint density at radius 2 is 1.85 bits per heavy atom. The predicted molar refractivity (Wildman–Crippen MR) is 88.2 cm³/mol. The highest BCUT2D eigenvalue weighted by Gasteiger charge is 2.07. The number of rotatable bonds is 8. The number of nitrogens with zero attached hydrogens (tertiary/aromatic N) is 1. The Labute approximate surface area is 126 Å². The van der Waals surface area contributed by atoms with E-state index in [2.05, 4.69) is 23.8 Å². The van der Waals surface area contributed by atoms with Crippen LogP contribution in [0.2, 0.25) is 5.02 Å². The minimum atomic E-state index is 0.585. The van der Waals surface area contributed by atoms with Gasteiger partial charge in [-0.3, -0.25) is 0 Å². The molecule has 0 atom stereocenters. The summed E-state index contributed by atoms with van der Waals surface area (Å²) in [5.74, 6) is 0. The molecular weight excluding hydrogens is 268 g/mol. The van der Waals surface area contributed by atoms with E-state index in [1.54, 1.807) is 0 Å². The van der Waals surface area contributed by atoms with E-state index >= 15 is 0 Å². The Kier molecular flexibility index (Phi) is 5.93. The van der Waals surface area contributed by atoms with Gasteiger partial charge in [0.1, 0.15) is 0 Å². The van der Waals surface area contributed by atoms with Crippen LogP contribution in [0.3, 0.4) is 0 Å². The number of hydrogen-bond acceptors (Lipinski definition) is 1. The summed E-state index contributed by atoms with van der Waals surface area (Å²) in [5.41, 5.74) is 8.26. The van der Waals surface area contributed by atoms with Crippen LogP contribution in [0.1, 0.15) is 51.0 Å². The van der Waals surface area contributed by atoms with Gasteiger partial charge in [-0.25, -0.2) is 0 Å². The van der Waals surface area contributed by atoms with E-state index in [9.17, 15) is 0 Å². The molecule has 1 aromatic heterocycles. The van der Waals surface area contributed by atoms with E-state index in [0.29, 0.717) is 6.54 Å². The zero-order valence-corrected chi connectivity index (χ0v) is 13.1. The first-order chi connectivity index (χ1) is 9.76. The molecule has 0 unspecified atom stereocenters. The molecule has 0 aliphatic rings. The standard InChI is InChI=1S/C17H25ClN2/c1-2-3-4-5-6-7-10-20-13-14(12-19)16-9-8-15(18)11-17(16)20/h8-9,11,13H,2-7,10,12,19H2,1H3. The van der Waals surface area contributed by atoms with Crippen molar-refractivity contribution in [3.8, 4) is 0 Å². The van der Waals surface area contributed by atoms with Crippen LogP contribution in [0.4, 0.5) is 0 Å². The van der Waals surface area contributed by atoms with Gasteiger partial charge < -0.3 is 10.3 Å². The average Bonchev–Trinajstić information content (AvgIpc) is 2.80. The fourth-order valence-corrected chi connectivity index (χ4v) is 2.92. The summed E-state index contributed by atoms with van der Waals surface area (Å²) in [6.45, 7) is 3.90. The molecule has 110 valence electrons. The van der Waals surface area contributed by atoms with Crippen molar-refractivity contribution in [2.24, 2.45) is 5.73 Å². The number of benzene rings is 1. The molecule has 1 aromatic carbocycles.